The normalized spacial score (nSPS) is 43.1. The van der Waals surface area contributed by atoms with Gasteiger partial charge in [-0.3, -0.25) is 4.79 Å². The van der Waals surface area contributed by atoms with E-state index in [1.807, 2.05) is 4.90 Å². The van der Waals surface area contributed by atoms with Crippen LogP contribution in [0.3, 0.4) is 0 Å². The van der Waals surface area contributed by atoms with Gasteiger partial charge in [0, 0.05) is 19.1 Å². The highest BCUT2D eigenvalue weighted by molar-refractivity contribution is 5.81. The number of amides is 1. The maximum absolute atomic E-state index is 12.5. The van der Waals surface area contributed by atoms with E-state index in [0.29, 0.717) is 19.3 Å². The van der Waals surface area contributed by atoms with Crippen LogP contribution in [-0.4, -0.2) is 49.2 Å². The van der Waals surface area contributed by atoms with E-state index in [9.17, 15) is 4.79 Å². The van der Waals surface area contributed by atoms with Crippen LogP contribution in [0.25, 0.3) is 0 Å². The zero-order chi connectivity index (χ0) is 14.4. The highest BCUT2D eigenvalue weighted by Crippen LogP contribution is 2.58. The summed E-state index contributed by atoms with van der Waals surface area (Å²) in [5, 5.41) is 3.69. The second-order valence-corrected chi connectivity index (χ2v) is 7.59. The molecule has 6 atom stereocenters. The van der Waals surface area contributed by atoms with Crippen molar-refractivity contribution in [3.8, 4) is 0 Å². The van der Waals surface area contributed by atoms with Gasteiger partial charge in [-0.15, -0.1) is 0 Å². The Morgan fingerprint density at radius 1 is 1.14 bits per heavy atom. The van der Waals surface area contributed by atoms with Crippen molar-refractivity contribution >= 4 is 5.91 Å². The second-order valence-electron chi connectivity index (χ2n) is 7.59. The number of hydrogen-bond acceptors (Lipinski definition) is 3. The third-order valence-electron chi connectivity index (χ3n) is 6.59. The van der Waals surface area contributed by atoms with Crippen molar-refractivity contribution in [3.63, 3.8) is 0 Å². The molecule has 4 heteroatoms. The molecule has 0 aromatic carbocycles. The zero-order valence-corrected chi connectivity index (χ0v) is 13.1. The van der Waals surface area contributed by atoms with Crippen LogP contribution >= 0.6 is 0 Å². The number of hydrogen-bond donors (Lipinski definition) is 1. The molecule has 4 rings (SSSR count). The Morgan fingerprint density at radius 3 is 2.71 bits per heavy atom. The summed E-state index contributed by atoms with van der Waals surface area (Å²) in [6, 6.07) is 0.557. The lowest BCUT2D eigenvalue weighted by Crippen LogP contribution is -2.53. The summed E-state index contributed by atoms with van der Waals surface area (Å²) < 4.78 is 5.34. The fourth-order valence-corrected chi connectivity index (χ4v) is 5.71. The summed E-state index contributed by atoms with van der Waals surface area (Å²) in [5.74, 6) is 4.06. The molecule has 0 aromatic rings. The number of carbonyl (C=O) groups is 1. The van der Waals surface area contributed by atoms with Gasteiger partial charge in [0.05, 0.1) is 19.3 Å². The minimum Gasteiger partial charge on any atom is -0.378 e. The van der Waals surface area contributed by atoms with Crippen LogP contribution in [-0.2, 0) is 9.53 Å². The third-order valence-corrected chi connectivity index (χ3v) is 6.59. The molecule has 0 spiro atoms. The van der Waals surface area contributed by atoms with Crippen LogP contribution in [0.2, 0.25) is 0 Å². The summed E-state index contributed by atoms with van der Waals surface area (Å²) in [5.41, 5.74) is 0. The van der Waals surface area contributed by atoms with E-state index < -0.39 is 0 Å². The van der Waals surface area contributed by atoms with Crippen molar-refractivity contribution in [1.29, 1.82) is 0 Å². The summed E-state index contributed by atoms with van der Waals surface area (Å²) in [7, 11) is 0. The fraction of sp³-hybridized carbons (Fsp3) is 0.941. The summed E-state index contributed by atoms with van der Waals surface area (Å²) in [6.45, 7) is 4.95. The van der Waals surface area contributed by atoms with Gasteiger partial charge in [0.2, 0.25) is 5.91 Å². The standard InChI is InChI=1S/C17H28N2O2/c1-11(17(20)19-5-7-21-8-6-19)18-16-10-12-9-15(16)14-4-2-3-13(12)14/h11-16,18H,2-10H2,1H3/t11-,12+,13-,14+,15-,16+/m0/s1. The molecule has 1 N–H and O–H groups in total. The summed E-state index contributed by atoms with van der Waals surface area (Å²) >= 11 is 0. The average molecular weight is 292 g/mol. The quantitative estimate of drug-likeness (QED) is 0.860. The Bertz CT molecular complexity index is 408. The number of fused-ring (bicyclic) bond motifs is 5. The van der Waals surface area contributed by atoms with Crippen molar-refractivity contribution < 1.29 is 9.53 Å². The SMILES string of the molecule is C[C@H](N[C@@H]1C[C@H]2C[C@H]1[C@@H]1CCC[C@@H]21)C(=O)N1CCOCC1. The van der Waals surface area contributed by atoms with E-state index in [4.69, 9.17) is 4.74 Å². The summed E-state index contributed by atoms with van der Waals surface area (Å²) in [4.78, 5) is 14.5. The molecule has 3 saturated carbocycles. The molecule has 1 aliphatic heterocycles. The highest BCUT2D eigenvalue weighted by atomic mass is 16.5. The highest BCUT2D eigenvalue weighted by Gasteiger charge is 2.53. The zero-order valence-electron chi connectivity index (χ0n) is 13.1. The number of ether oxygens (including phenoxy) is 1. The average Bonchev–Trinajstić information content (AvgIpc) is 3.19. The predicted molar refractivity (Wildman–Crippen MR) is 80.8 cm³/mol. The van der Waals surface area contributed by atoms with Crippen LogP contribution in [0.4, 0.5) is 0 Å². The summed E-state index contributed by atoms with van der Waals surface area (Å²) in [6.07, 6.45) is 7.09. The second kappa shape index (κ2) is 5.54. The van der Waals surface area contributed by atoms with E-state index in [2.05, 4.69) is 12.2 Å². The molecule has 21 heavy (non-hydrogen) atoms. The molecular weight excluding hydrogens is 264 g/mol. The minimum absolute atomic E-state index is 0.0349. The fourth-order valence-electron chi connectivity index (χ4n) is 5.71. The third kappa shape index (κ3) is 2.40. The van der Waals surface area contributed by atoms with E-state index in [0.717, 1.165) is 36.8 Å². The molecule has 118 valence electrons. The number of nitrogens with one attached hydrogen (secondary N) is 1. The molecule has 4 nitrogen and oxygen atoms in total. The molecule has 1 amide bonds. The van der Waals surface area contributed by atoms with Gasteiger partial charge in [-0.25, -0.2) is 0 Å². The van der Waals surface area contributed by atoms with Crippen molar-refractivity contribution in [2.75, 3.05) is 26.3 Å². The van der Waals surface area contributed by atoms with E-state index in [1.165, 1.54) is 32.1 Å². The molecule has 1 heterocycles. The van der Waals surface area contributed by atoms with E-state index in [-0.39, 0.29) is 11.9 Å². The molecule has 4 aliphatic rings. The Hall–Kier alpha value is -0.610. The topological polar surface area (TPSA) is 41.6 Å². The lowest BCUT2D eigenvalue weighted by Gasteiger charge is -2.35. The number of morpholine rings is 1. The Labute approximate surface area is 127 Å². The first-order chi connectivity index (χ1) is 10.2. The maximum Gasteiger partial charge on any atom is 0.239 e. The van der Waals surface area contributed by atoms with E-state index >= 15 is 0 Å². The van der Waals surface area contributed by atoms with Crippen LogP contribution in [0.1, 0.15) is 39.0 Å². The Kier molecular flexibility index (Phi) is 3.70. The van der Waals surface area contributed by atoms with Gasteiger partial charge in [0.25, 0.3) is 0 Å². The molecule has 1 saturated heterocycles. The monoisotopic (exact) mass is 292 g/mol. The van der Waals surface area contributed by atoms with Gasteiger partial charge >= 0.3 is 0 Å². The molecular formula is C17H28N2O2. The Balaban J connectivity index is 1.35. The molecule has 4 fully saturated rings. The molecule has 2 bridgehead atoms. The first-order valence-corrected chi connectivity index (χ1v) is 8.86. The van der Waals surface area contributed by atoms with Crippen LogP contribution in [0.5, 0.6) is 0 Å². The molecule has 0 radical (unpaired) electrons. The number of nitrogens with zero attached hydrogens (tertiary/aromatic N) is 1. The molecule has 3 aliphatic carbocycles. The largest absolute Gasteiger partial charge is 0.378 e. The number of rotatable bonds is 3. The van der Waals surface area contributed by atoms with Gasteiger partial charge in [0.15, 0.2) is 0 Å². The van der Waals surface area contributed by atoms with Crippen molar-refractivity contribution in [1.82, 2.24) is 10.2 Å². The predicted octanol–water partition coefficient (Wildman–Crippen LogP) is 1.65. The van der Waals surface area contributed by atoms with Gasteiger partial charge in [-0.1, -0.05) is 6.42 Å². The van der Waals surface area contributed by atoms with Gasteiger partial charge in [0.1, 0.15) is 0 Å². The lowest BCUT2D eigenvalue weighted by atomic mass is 9.79. The van der Waals surface area contributed by atoms with Crippen LogP contribution in [0, 0.1) is 23.7 Å². The first kappa shape index (κ1) is 14.0. The maximum atomic E-state index is 12.5. The van der Waals surface area contributed by atoms with E-state index in [1.54, 1.807) is 0 Å². The Morgan fingerprint density at radius 2 is 1.90 bits per heavy atom. The van der Waals surface area contributed by atoms with Gasteiger partial charge < -0.3 is 15.0 Å². The van der Waals surface area contributed by atoms with Crippen molar-refractivity contribution in [2.24, 2.45) is 23.7 Å². The van der Waals surface area contributed by atoms with Gasteiger partial charge in [-0.2, -0.15) is 0 Å². The van der Waals surface area contributed by atoms with Gasteiger partial charge in [-0.05, 0) is 56.3 Å². The smallest absolute Gasteiger partial charge is 0.239 e. The number of carbonyl (C=O) groups excluding carboxylic acids is 1. The minimum atomic E-state index is -0.0349. The van der Waals surface area contributed by atoms with Crippen LogP contribution in [0.15, 0.2) is 0 Å². The lowest BCUT2D eigenvalue weighted by molar-refractivity contribution is -0.137. The molecule has 0 unspecified atom stereocenters. The van der Waals surface area contributed by atoms with Crippen molar-refractivity contribution in [3.05, 3.63) is 0 Å². The molecule has 0 aromatic heterocycles. The first-order valence-electron chi connectivity index (χ1n) is 8.86. The van der Waals surface area contributed by atoms with Crippen LogP contribution < -0.4 is 5.32 Å². The van der Waals surface area contributed by atoms with Crippen molar-refractivity contribution in [2.45, 2.75) is 51.1 Å².